The van der Waals surface area contributed by atoms with E-state index in [1.165, 1.54) is 0 Å². The average Bonchev–Trinajstić information content (AvgIpc) is 2.63. The minimum atomic E-state index is -8.98. The second-order valence-electron chi connectivity index (χ2n) is 6.90. The van der Waals surface area contributed by atoms with Crippen molar-refractivity contribution in [2.45, 2.75) is 68.2 Å². The van der Waals surface area contributed by atoms with Gasteiger partial charge in [0.15, 0.2) is 0 Å². The lowest BCUT2D eigenvalue weighted by Crippen LogP contribution is -2.80. The van der Waals surface area contributed by atoms with Crippen LogP contribution in [0, 0.1) is 0 Å². The summed E-state index contributed by atoms with van der Waals surface area (Å²) in [6.45, 7) is 0. The quantitative estimate of drug-likeness (QED) is 0.129. The Morgan fingerprint density at radius 1 is 0.300 bits per heavy atom. The minimum absolute atomic E-state index is 4.39. The lowest BCUT2D eigenvalue weighted by molar-refractivity contribution is -0.484. The summed E-state index contributed by atoms with van der Waals surface area (Å²) >= 11 is 22.4. The van der Waals surface area contributed by atoms with Crippen LogP contribution in [0.15, 0.2) is 0 Å². The first-order valence-electron chi connectivity index (χ1n) is 8.02. The number of halogens is 27. The van der Waals surface area contributed by atoms with E-state index in [-0.39, 0.29) is 0 Å². The summed E-state index contributed by atoms with van der Waals surface area (Å²) in [5.41, 5.74) is 0. The van der Waals surface area contributed by atoms with Crippen LogP contribution >= 0.6 is 58.0 Å². The third kappa shape index (κ3) is 5.27. The highest BCUT2D eigenvalue weighted by atomic mass is 35.6. The lowest BCUT2D eigenvalue weighted by atomic mass is 9.97. The molecule has 0 aliphatic rings. The fourth-order valence-corrected chi connectivity index (χ4v) is 2.74. The Bertz CT molecular complexity index is 868. The molecule has 40 heavy (non-hydrogen) atoms. The van der Waals surface area contributed by atoms with Gasteiger partial charge in [0.1, 0.15) is 0 Å². The second kappa shape index (κ2) is 9.94. The Hall–Kier alpha value is -0.130. The highest BCUT2D eigenvalue weighted by Gasteiger charge is 2.95. The normalized spacial score (nSPS) is 17.1. The van der Waals surface area contributed by atoms with Crippen LogP contribution in [0.1, 0.15) is 0 Å². The van der Waals surface area contributed by atoms with E-state index in [1.54, 1.807) is 0 Å². The van der Waals surface area contributed by atoms with Gasteiger partial charge >= 0.3 is 60.0 Å². The molecule has 0 N–H and O–H groups in total. The Labute approximate surface area is 228 Å². The summed E-state index contributed by atoms with van der Waals surface area (Å²) in [4.78, 5) is -4.39. The van der Waals surface area contributed by atoms with Crippen molar-refractivity contribution in [1.29, 1.82) is 0 Å². The molecule has 0 aliphatic heterocycles. The van der Waals surface area contributed by atoms with Crippen molar-refractivity contribution in [3.05, 3.63) is 0 Å². The first-order valence-corrected chi connectivity index (χ1v) is 9.91. The van der Waals surface area contributed by atoms with Gasteiger partial charge in [-0.25, -0.2) is 0 Å². The van der Waals surface area contributed by atoms with E-state index < -0.39 is 73.1 Å². The van der Waals surface area contributed by atoms with Gasteiger partial charge in [-0.2, -0.15) is 96.6 Å². The molecule has 0 bridgehead atoms. The zero-order chi connectivity index (χ0) is 33.6. The van der Waals surface area contributed by atoms with Crippen molar-refractivity contribution in [2.75, 3.05) is 0 Å². The van der Waals surface area contributed by atoms with E-state index in [0.29, 0.717) is 0 Å². The molecule has 0 unspecified atom stereocenters. The predicted molar refractivity (Wildman–Crippen MR) is 88.3 cm³/mol. The van der Waals surface area contributed by atoms with Crippen LogP contribution in [0.25, 0.3) is 0 Å². The number of rotatable bonds is 9. The van der Waals surface area contributed by atoms with Crippen molar-refractivity contribution in [3.8, 4) is 0 Å². The van der Waals surface area contributed by atoms with Crippen LogP contribution in [0.5, 0.6) is 0 Å². The number of nitrogens with zero attached hydrogens (tertiary/aromatic N) is 1. The fourth-order valence-electron chi connectivity index (χ4n) is 2.06. The zero-order valence-electron chi connectivity index (χ0n) is 16.7. The first kappa shape index (κ1) is 39.9. The van der Waals surface area contributed by atoms with Crippen molar-refractivity contribution in [2.24, 2.45) is 0 Å². The maximum Gasteiger partial charge on any atom is 0.460 e. The van der Waals surface area contributed by atoms with Crippen molar-refractivity contribution < 1.29 is 96.6 Å². The second-order valence-corrected chi connectivity index (χ2v) is 10.5. The van der Waals surface area contributed by atoms with Crippen LogP contribution in [0.4, 0.5) is 96.6 Å². The summed E-state index contributed by atoms with van der Waals surface area (Å²) in [6.07, 6.45) is -16.1. The smallest absolute Gasteiger partial charge is 0.192 e. The standard InChI is InChI=1S/C12Cl5F22N/c13-7(14,15)8(16,17)40(11(36,37)5(26,27)1(18,19)3(22,23)9(30,31)32)12(38,39)6(28,29)2(20,21)4(24,25)10(33,34)35. The van der Waals surface area contributed by atoms with Crippen LogP contribution in [-0.4, -0.2) is 73.1 Å². The fraction of sp³-hybridized carbons (Fsp3) is 1.00. The molecule has 28 heteroatoms. The average molecular weight is 753 g/mol. The molecule has 0 saturated carbocycles. The van der Waals surface area contributed by atoms with Crippen LogP contribution in [0.3, 0.4) is 0 Å². The van der Waals surface area contributed by atoms with Gasteiger partial charge in [0.25, 0.3) is 0 Å². The Morgan fingerprint density at radius 3 is 0.650 bits per heavy atom. The van der Waals surface area contributed by atoms with E-state index in [4.69, 9.17) is 0 Å². The summed E-state index contributed by atoms with van der Waals surface area (Å²) < 4.78 is 282. The van der Waals surface area contributed by atoms with Gasteiger partial charge in [-0.15, -0.1) is 4.90 Å². The van der Waals surface area contributed by atoms with Crippen LogP contribution in [0.2, 0.25) is 0 Å². The van der Waals surface area contributed by atoms with Gasteiger partial charge in [0.05, 0.1) is 0 Å². The zero-order valence-corrected chi connectivity index (χ0v) is 20.4. The Morgan fingerprint density at radius 2 is 0.500 bits per heavy atom. The number of hydrogen-bond donors (Lipinski definition) is 0. The van der Waals surface area contributed by atoms with E-state index in [2.05, 4.69) is 58.0 Å². The highest BCUT2D eigenvalue weighted by molar-refractivity contribution is 6.75. The Balaban J connectivity index is 7.95. The van der Waals surface area contributed by atoms with Gasteiger partial charge in [0.2, 0.25) is 8.25 Å². The highest BCUT2D eigenvalue weighted by Crippen LogP contribution is 2.66. The predicted octanol–water partition coefficient (Wildman–Crippen LogP) is 9.91. The maximum atomic E-state index is 14.4. The Kier molecular flexibility index (Phi) is 9.91. The molecule has 0 aromatic heterocycles. The largest absolute Gasteiger partial charge is 0.460 e. The SMILES string of the molecule is FC(F)(F)C(F)(F)C(F)(F)C(F)(F)C(F)(F)N(C(F)(F)C(F)(F)C(F)(F)C(F)(F)C(F)(F)F)C(Cl)(Cl)C(Cl)(Cl)Cl. The third-order valence-corrected chi connectivity index (χ3v) is 6.53. The van der Waals surface area contributed by atoms with Crippen LogP contribution < -0.4 is 0 Å². The molecule has 0 atom stereocenters. The molecule has 0 radical (unpaired) electrons. The van der Waals surface area contributed by atoms with Crippen molar-refractivity contribution in [1.82, 2.24) is 4.90 Å². The third-order valence-electron chi connectivity index (χ3n) is 4.23. The van der Waals surface area contributed by atoms with Crippen molar-refractivity contribution in [3.63, 3.8) is 0 Å². The molecular formula is C12Cl5F22N. The summed E-state index contributed by atoms with van der Waals surface area (Å²) in [5, 5.41) is 0. The minimum Gasteiger partial charge on any atom is -0.192 e. The summed E-state index contributed by atoms with van der Waals surface area (Å²) in [6, 6.07) is -17.6. The lowest BCUT2D eigenvalue weighted by Gasteiger charge is -2.51. The molecule has 0 aliphatic carbocycles. The van der Waals surface area contributed by atoms with E-state index >= 15 is 0 Å². The van der Waals surface area contributed by atoms with E-state index in [0.717, 1.165) is 0 Å². The van der Waals surface area contributed by atoms with Crippen molar-refractivity contribution >= 4 is 58.0 Å². The molecule has 0 heterocycles. The number of hydrogen-bond acceptors (Lipinski definition) is 1. The molecule has 1 nitrogen and oxygen atoms in total. The molecule has 0 amide bonds. The molecule has 0 spiro atoms. The van der Waals surface area contributed by atoms with Gasteiger partial charge < -0.3 is 0 Å². The van der Waals surface area contributed by atoms with Gasteiger partial charge in [-0.1, -0.05) is 58.0 Å². The number of alkyl halides is 27. The topological polar surface area (TPSA) is 3.24 Å². The van der Waals surface area contributed by atoms with Gasteiger partial charge in [-0.3, -0.25) is 0 Å². The molecule has 0 fully saturated rings. The maximum absolute atomic E-state index is 14.4. The summed E-state index contributed by atoms with van der Waals surface area (Å²) in [5.74, 6) is -52.6. The molecule has 0 aromatic rings. The van der Waals surface area contributed by atoms with E-state index in [9.17, 15) is 96.6 Å². The molecular weight excluding hydrogens is 753 g/mol. The summed E-state index contributed by atoms with van der Waals surface area (Å²) in [7, 11) is 0. The van der Waals surface area contributed by atoms with Gasteiger partial charge in [0, 0.05) is 0 Å². The van der Waals surface area contributed by atoms with E-state index in [1.807, 2.05) is 0 Å². The molecule has 0 saturated heterocycles. The molecule has 242 valence electrons. The van der Waals surface area contributed by atoms with Gasteiger partial charge in [-0.05, 0) is 0 Å². The monoisotopic (exact) mass is 751 g/mol. The van der Waals surface area contributed by atoms with Crippen LogP contribution in [-0.2, 0) is 0 Å². The molecule has 0 rings (SSSR count). The molecule has 0 aromatic carbocycles. The first-order chi connectivity index (χ1) is 16.6.